The van der Waals surface area contributed by atoms with Crippen LogP contribution in [0.25, 0.3) is 5.65 Å². The quantitative estimate of drug-likeness (QED) is 0.750. The predicted octanol–water partition coefficient (Wildman–Crippen LogP) is 2.10. The second kappa shape index (κ2) is 6.25. The Morgan fingerprint density at radius 1 is 1.32 bits per heavy atom. The summed E-state index contributed by atoms with van der Waals surface area (Å²) >= 11 is 5.80. The second-order valence-corrected chi connectivity index (χ2v) is 6.42. The van der Waals surface area contributed by atoms with Gasteiger partial charge in [-0.25, -0.2) is 9.50 Å². The van der Waals surface area contributed by atoms with Gasteiger partial charge in [0.15, 0.2) is 5.65 Å². The molecule has 0 radical (unpaired) electrons. The number of hydrogen-bond acceptors (Lipinski definition) is 5. The van der Waals surface area contributed by atoms with Gasteiger partial charge in [0.05, 0.1) is 5.56 Å². The fourth-order valence-corrected chi connectivity index (χ4v) is 3.19. The van der Waals surface area contributed by atoms with Crippen LogP contribution in [0.15, 0.2) is 42.7 Å². The number of aromatic hydroxyl groups is 1. The Labute approximate surface area is 148 Å². The molecule has 1 saturated heterocycles. The van der Waals surface area contributed by atoms with Crippen LogP contribution >= 0.6 is 11.6 Å². The normalized spacial score (nSPS) is 17.2. The average molecular weight is 358 g/mol. The molecule has 0 bridgehead atoms. The van der Waals surface area contributed by atoms with Crippen molar-refractivity contribution in [3.63, 3.8) is 0 Å². The standard InChI is InChI=1S/C17H16ClN5O2/c18-11-1-2-13(14(24)9-11)17(25)20-12-5-7-22(10-12)16-4-3-15-19-6-8-23(15)21-16/h1-4,6,8-9,12,24H,5,7,10H2,(H,20,25)/t12-/m0/s1. The fourth-order valence-electron chi connectivity index (χ4n) is 3.02. The zero-order valence-electron chi connectivity index (χ0n) is 13.3. The Bertz CT molecular complexity index is 942. The van der Waals surface area contributed by atoms with Gasteiger partial charge in [-0.3, -0.25) is 4.79 Å². The molecule has 0 aliphatic carbocycles. The minimum Gasteiger partial charge on any atom is -0.507 e. The van der Waals surface area contributed by atoms with Crippen LogP contribution in [0.5, 0.6) is 5.75 Å². The number of phenols is 1. The number of imidazole rings is 1. The molecule has 0 saturated carbocycles. The zero-order chi connectivity index (χ0) is 17.4. The van der Waals surface area contributed by atoms with Crippen molar-refractivity contribution in [2.24, 2.45) is 0 Å². The third kappa shape index (κ3) is 3.10. The molecule has 25 heavy (non-hydrogen) atoms. The molecule has 1 fully saturated rings. The van der Waals surface area contributed by atoms with Gasteiger partial charge in [-0.05, 0) is 36.8 Å². The number of benzene rings is 1. The number of fused-ring (bicyclic) bond motifs is 1. The van der Waals surface area contributed by atoms with Crippen molar-refractivity contribution in [3.8, 4) is 5.75 Å². The molecule has 7 nitrogen and oxygen atoms in total. The first-order chi connectivity index (χ1) is 12.1. The highest BCUT2D eigenvalue weighted by atomic mass is 35.5. The van der Waals surface area contributed by atoms with E-state index in [1.165, 1.54) is 12.1 Å². The number of carbonyl (C=O) groups is 1. The highest BCUT2D eigenvalue weighted by molar-refractivity contribution is 6.30. The van der Waals surface area contributed by atoms with E-state index in [1.807, 2.05) is 12.1 Å². The van der Waals surface area contributed by atoms with Crippen LogP contribution in [-0.4, -0.2) is 44.7 Å². The third-order valence-corrected chi connectivity index (χ3v) is 4.53. The van der Waals surface area contributed by atoms with Crippen molar-refractivity contribution < 1.29 is 9.90 Å². The first-order valence-electron chi connectivity index (χ1n) is 7.95. The fraction of sp³-hybridized carbons (Fsp3) is 0.235. The van der Waals surface area contributed by atoms with Crippen LogP contribution in [0.3, 0.4) is 0 Å². The van der Waals surface area contributed by atoms with Gasteiger partial charge in [-0.1, -0.05) is 11.6 Å². The molecule has 128 valence electrons. The number of rotatable bonds is 3. The lowest BCUT2D eigenvalue weighted by Gasteiger charge is -2.18. The van der Waals surface area contributed by atoms with Crippen LogP contribution in [-0.2, 0) is 0 Å². The lowest BCUT2D eigenvalue weighted by Crippen LogP contribution is -2.37. The molecule has 1 aliphatic heterocycles. The number of halogens is 1. The van der Waals surface area contributed by atoms with Crippen LogP contribution in [0, 0.1) is 0 Å². The molecule has 3 heterocycles. The van der Waals surface area contributed by atoms with Crippen molar-refractivity contribution in [3.05, 3.63) is 53.3 Å². The molecule has 1 aromatic carbocycles. The maximum absolute atomic E-state index is 12.4. The van der Waals surface area contributed by atoms with E-state index in [9.17, 15) is 9.90 Å². The molecule has 3 aromatic rings. The van der Waals surface area contributed by atoms with Crippen molar-refractivity contribution in [2.75, 3.05) is 18.0 Å². The molecular formula is C17H16ClN5O2. The summed E-state index contributed by atoms with van der Waals surface area (Å²) in [6.07, 6.45) is 4.32. The minimum atomic E-state index is -0.306. The Morgan fingerprint density at radius 3 is 3.04 bits per heavy atom. The summed E-state index contributed by atoms with van der Waals surface area (Å²) in [4.78, 5) is 18.7. The summed E-state index contributed by atoms with van der Waals surface area (Å²) < 4.78 is 1.73. The molecule has 1 aliphatic rings. The van der Waals surface area contributed by atoms with Gasteiger partial charge in [-0.15, -0.1) is 5.10 Å². The molecular weight excluding hydrogens is 342 g/mol. The molecule has 2 N–H and O–H groups in total. The van der Waals surface area contributed by atoms with E-state index in [0.717, 1.165) is 24.4 Å². The predicted molar refractivity (Wildman–Crippen MR) is 94.2 cm³/mol. The maximum atomic E-state index is 12.4. The highest BCUT2D eigenvalue weighted by Gasteiger charge is 2.26. The summed E-state index contributed by atoms with van der Waals surface area (Å²) in [5.41, 5.74) is 1.02. The summed E-state index contributed by atoms with van der Waals surface area (Å²) in [7, 11) is 0. The van der Waals surface area contributed by atoms with E-state index in [-0.39, 0.29) is 23.3 Å². The Morgan fingerprint density at radius 2 is 2.20 bits per heavy atom. The number of carbonyl (C=O) groups excluding carboxylic acids is 1. The number of nitrogens with one attached hydrogen (secondary N) is 1. The van der Waals surface area contributed by atoms with Crippen LogP contribution in [0.2, 0.25) is 5.02 Å². The largest absolute Gasteiger partial charge is 0.507 e. The van der Waals surface area contributed by atoms with Gasteiger partial charge >= 0.3 is 0 Å². The summed E-state index contributed by atoms with van der Waals surface area (Å²) in [5.74, 6) is 0.419. The summed E-state index contributed by atoms with van der Waals surface area (Å²) in [6, 6.07) is 8.30. The molecule has 4 rings (SSSR count). The van der Waals surface area contributed by atoms with Gasteiger partial charge < -0.3 is 15.3 Å². The monoisotopic (exact) mass is 357 g/mol. The molecule has 0 unspecified atom stereocenters. The average Bonchev–Trinajstić information content (AvgIpc) is 3.22. The third-order valence-electron chi connectivity index (χ3n) is 4.29. The summed E-state index contributed by atoms with van der Waals surface area (Å²) in [5, 5.41) is 17.7. The van der Waals surface area contributed by atoms with E-state index in [0.29, 0.717) is 11.6 Å². The Balaban J connectivity index is 1.44. The lowest BCUT2D eigenvalue weighted by atomic mass is 10.1. The highest BCUT2D eigenvalue weighted by Crippen LogP contribution is 2.23. The summed E-state index contributed by atoms with van der Waals surface area (Å²) in [6.45, 7) is 1.46. The maximum Gasteiger partial charge on any atom is 0.255 e. The number of anilines is 1. The SMILES string of the molecule is O=C(N[C@H]1CCN(c2ccc3nccn3n2)C1)c1ccc(Cl)cc1O. The first kappa shape index (κ1) is 15.7. The van der Waals surface area contributed by atoms with Crippen molar-refractivity contribution in [1.29, 1.82) is 0 Å². The Hall–Kier alpha value is -2.80. The number of amides is 1. The van der Waals surface area contributed by atoms with Gasteiger partial charge in [0.1, 0.15) is 11.6 Å². The number of phenolic OH excluding ortho intramolecular Hbond substituents is 1. The lowest BCUT2D eigenvalue weighted by molar-refractivity contribution is 0.0937. The smallest absolute Gasteiger partial charge is 0.255 e. The van der Waals surface area contributed by atoms with E-state index in [2.05, 4.69) is 20.3 Å². The molecule has 1 amide bonds. The molecule has 1 atom stereocenters. The first-order valence-corrected chi connectivity index (χ1v) is 8.33. The van der Waals surface area contributed by atoms with E-state index in [4.69, 9.17) is 11.6 Å². The number of nitrogens with zero attached hydrogens (tertiary/aromatic N) is 4. The van der Waals surface area contributed by atoms with Gasteiger partial charge in [0, 0.05) is 36.5 Å². The topological polar surface area (TPSA) is 82.8 Å². The van der Waals surface area contributed by atoms with Crippen molar-refractivity contribution in [1.82, 2.24) is 19.9 Å². The van der Waals surface area contributed by atoms with Gasteiger partial charge in [0.25, 0.3) is 5.91 Å². The van der Waals surface area contributed by atoms with E-state index in [1.54, 1.807) is 23.0 Å². The van der Waals surface area contributed by atoms with Crippen LogP contribution in [0.1, 0.15) is 16.8 Å². The van der Waals surface area contributed by atoms with Gasteiger partial charge in [-0.2, -0.15) is 0 Å². The molecule has 2 aromatic heterocycles. The zero-order valence-corrected chi connectivity index (χ0v) is 14.0. The van der Waals surface area contributed by atoms with Crippen LogP contribution in [0.4, 0.5) is 5.82 Å². The Kier molecular flexibility index (Phi) is 3.93. The van der Waals surface area contributed by atoms with Crippen molar-refractivity contribution >= 4 is 29.0 Å². The van der Waals surface area contributed by atoms with Crippen molar-refractivity contribution in [2.45, 2.75) is 12.5 Å². The van der Waals surface area contributed by atoms with Gasteiger partial charge in [0.2, 0.25) is 0 Å². The number of hydrogen-bond donors (Lipinski definition) is 2. The number of aromatic nitrogens is 3. The van der Waals surface area contributed by atoms with E-state index >= 15 is 0 Å². The molecule has 8 heteroatoms. The second-order valence-electron chi connectivity index (χ2n) is 5.99. The van der Waals surface area contributed by atoms with E-state index < -0.39 is 0 Å². The minimum absolute atomic E-state index is 0.0112. The van der Waals surface area contributed by atoms with Crippen LogP contribution < -0.4 is 10.2 Å². The molecule has 0 spiro atoms.